The van der Waals surface area contributed by atoms with Gasteiger partial charge < -0.3 is 20.6 Å². The van der Waals surface area contributed by atoms with Gasteiger partial charge in [-0.25, -0.2) is 0 Å². The topological polar surface area (TPSA) is 129 Å². The lowest BCUT2D eigenvalue weighted by Gasteiger charge is -2.26. The number of nitrogens with one attached hydrogen (secondary N) is 2. The maximum absolute atomic E-state index is 12.6. The molecule has 0 aliphatic carbocycles. The summed E-state index contributed by atoms with van der Waals surface area (Å²) in [6, 6.07) is 5.64. The number of benzene rings is 1. The van der Waals surface area contributed by atoms with Crippen LogP contribution in [0, 0.1) is 0 Å². The third-order valence-electron chi connectivity index (χ3n) is 5.46. The molecule has 1 heterocycles. The number of carboxylic acids is 1. The van der Waals surface area contributed by atoms with Gasteiger partial charge in [0.25, 0.3) is 16.8 Å². The SMILES string of the molecule is CCCCN(C)c1c(NC(CC(=O)O)c2ccc(NC(=O)c3c(Cl)cncc3Cl)cc2)c(=O)c1=O. The number of halogens is 2. The molecule has 2 aromatic carbocycles. The Hall–Kier alpha value is -3.43. The van der Waals surface area contributed by atoms with E-state index in [9.17, 15) is 24.3 Å². The quantitative estimate of drug-likeness (QED) is 0.323. The molecule has 184 valence electrons. The fraction of sp³-hybridized carbons (Fsp3) is 0.292. The van der Waals surface area contributed by atoms with Gasteiger partial charge in [-0.3, -0.25) is 24.2 Å². The van der Waals surface area contributed by atoms with Gasteiger partial charge in [-0.2, -0.15) is 0 Å². The molecular formula is C24H24Cl2N4O5. The highest BCUT2D eigenvalue weighted by Gasteiger charge is 2.27. The van der Waals surface area contributed by atoms with Crippen LogP contribution in [-0.4, -0.2) is 35.6 Å². The van der Waals surface area contributed by atoms with E-state index in [1.807, 2.05) is 6.92 Å². The number of carbonyl (C=O) groups excluding carboxylic acids is 1. The summed E-state index contributed by atoms with van der Waals surface area (Å²) in [6.07, 6.45) is 4.05. The molecule has 3 aromatic rings. The molecule has 0 saturated carbocycles. The number of aromatic nitrogens is 1. The molecule has 1 aromatic heterocycles. The molecule has 3 N–H and O–H groups in total. The summed E-state index contributed by atoms with van der Waals surface area (Å²) >= 11 is 12.1. The number of unbranched alkanes of at least 4 members (excludes halogenated alkanes) is 1. The van der Waals surface area contributed by atoms with Crippen molar-refractivity contribution in [3.05, 3.63) is 78.3 Å². The Balaban J connectivity index is 1.81. The molecule has 0 aliphatic rings. The summed E-state index contributed by atoms with van der Waals surface area (Å²) in [5.74, 6) is -1.61. The summed E-state index contributed by atoms with van der Waals surface area (Å²) in [7, 11) is 1.72. The summed E-state index contributed by atoms with van der Waals surface area (Å²) in [4.78, 5) is 54.0. The second-order valence-electron chi connectivity index (χ2n) is 8.01. The van der Waals surface area contributed by atoms with E-state index in [-0.39, 0.29) is 33.4 Å². The molecule has 1 atom stereocenters. The summed E-state index contributed by atoms with van der Waals surface area (Å²) in [6.45, 7) is 2.61. The van der Waals surface area contributed by atoms with Crippen molar-refractivity contribution in [2.45, 2.75) is 32.2 Å². The normalized spacial score (nSPS) is 11.8. The van der Waals surface area contributed by atoms with Crippen molar-refractivity contribution in [3.63, 3.8) is 0 Å². The lowest BCUT2D eigenvalue weighted by atomic mass is 10.0. The Labute approximate surface area is 211 Å². The number of carbonyl (C=O) groups is 2. The second-order valence-corrected chi connectivity index (χ2v) is 8.82. The third-order valence-corrected chi connectivity index (χ3v) is 6.04. The van der Waals surface area contributed by atoms with E-state index in [1.165, 1.54) is 12.4 Å². The molecule has 9 nitrogen and oxygen atoms in total. The number of nitrogens with zero attached hydrogens (tertiary/aromatic N) is 2. The van der Waals surface area contributed by atoms with E-state index >= 15 is 0 Å². The van der Waals surface area contributed by atoms with Crippen LogP contribution in [-0.2, 0) is 4.79 Å². The van der Waals surface area contributed by atoms with Crippen molar-refractivity contribution in [1.82, 2.24) is 4.98 Å². The maximum Gasteiger partial charge on any atom is 0.305 e. The minimum Gasteiger partial charge on any atom is -0.481 e. The average Bonchev–Trinajstić information content (AvgIpc) is 2.81. The fourth-order valence-electron chi connectivity index (χ4n) is 3.61. The van der Waals surface area contributed by atoms with Crippen molar-refractivity contribution in [2.75, 3.05) is 29.1 Å². The van der Waals surface area contributed by atoms with Crippen LogP contribution >= 0.6 is 23.2 Å². The molecule has 35 heavy (non-hydrogen) atoms. The van der Waals surface area contributed by atoms with Crippen LogP contribution in [0.5, 0.6) is 0 Å². The lowest BCUT2D eigenvalue weighted by Crippen LogP contribution is -2.42. The molecule has 0 spiro atoms. The summed E-state index contributed by atoms with van der Waals surface area (Å²) in [5.41, 5.74) is 0.164. The minimum atomic E-state index is -1.08. The Bertz CT molecular complexity index is 1280. The number of carboxylic acid groups (broad SMARTS) is 1. The average molecular weight is 519 g/mol. The van der Waals surface area contributed by atoms with Gasteiger partial charge in [0.1, 0.15) is 11.4 Å². The molecule has 0 aliphatic heterocycles. The largest absolute Gasteiger partial charge is 0.481 e. The van der Waals surface area contributed by atoms with Gasteiger partial charge in [-0.05, 0) is 24.1 Å². The number of amides is 1. The van der Waals surface area contributed by atoms with Gasteiger partial charge in [0.05, 0.1) is 28.1 Å². The predicted octanol–water partition coefficient (Wildman–Crippen LogP) is 4.10. The van der Waals surface area contributed by atoms with E-state index in [4.69, 9.17) is 23.2 Å². The molecule has 1 unspecified atom stereocenters. The second kappa shape index (κ2) is 11.3. The molecule has 0 bridgehead atoms. The number of anilines is 3. The van der Waals surface area contributed by atoms with E-state index in [0.29, 0.717) is 17.8 Å². The summed E-state index contributed by atoms with van der Waals surface area (Å²) in [5, 5.41) is 15.2. The molecule has 1 amide bonds. The van der Waals surface area contributed by atoms with E-state index in [2.05, 4.69) is 15.6 Å². The molecule has 3 rings (SSSR count). The first-order chi connectivity index (χ1) is 16.6. The van der Waals surface area contributed by atoms with Gasteiger partial charge in [0.15, 0.2) is 0 Å². The standard InChI is InChI=1S/C24H24Cl2N4O5/c1-3-4-9-30(2)21-20(22(33)23(21)34)29-17(10-18(31)32)13-5-7-14(8-6-13)28-24(35)19-15(25)11-27-12-16(19)26/h5-8,11-12,17,29H,3-4,9-10H2,1-2H3,(H,28,35)(H,31,32). The predicted molar refractivity (Wildman–Crippen MR) is 137 cm³/mol. The van der Waals surface area contributed by atoms with Gasteiger partial charge in [-0.1, -0.05) is 48.7 Å². The third kappa shape index (κ3) is 5.98. The molecule has 11 heteroatoms. The maximum atomic E-state index is 12.6. The van der Waals surface area contributed by atoms with Crippen molar-refractivity contribution in [3.8, 4) is 0 Å². The van der Waals surface area contributed by atoms with Crippen molar-refractivity contribution in [2.24, 2.45) is 0 Å². The minimum absolute atomic E-state index is 0.0812. The van der Waals surface area contributed by atoms with Gasteiger partial charge in [0, 0.05) is 31.7 Å². The highest BCUT2D eigenvalue weighted by atomic mass is 35.5. The number of pyridine rings is 1. The van der Waals surface area contributed by atoms with Crippen LogP contribution in [0.25, 0.3) is 0 Å². The summed E-state index contributed by atoms with van der Waals surface area (Å²) < 4.78 is 0. The Morgan fingerprint density at radius 3 is 2.29 bits per heavy atom. The lowest BCUT2D eigenvalue weighted by molar-refractivity contribution is -0.137. The smallest absolute Gasteiger partial charge is 0.305 e. The van der Waals surface area contributed by atoms with Crippen LogP contribution in [0.4, 0.5) is 17.1 Å². The zero-order valence-electron chi connectivity index (χ0n) is 19.1. The number of rotatable bonds is 11. The highest BCUT2D eigenvalue weighted by molar-refractivity contribution is 6.40. The van der Waals surface area contributed by atoms with E-state index in [0.717, 1.165) is 12.8 Å². The first kappa shape index (κ1) is 26.2. The zero-order chi connectivity index (χ0) is 25.7. The van der Waals surface area contributed by atoms with Crippen LogP contribution in [0.2, 0.25) is 10.0 Å². The molecular weight excluding hydrogens is 495 g/mol. The Morgan fingerprint density at radius 2 is 1.71 bits per heavy atom. The molecule has 0 fully saturated rings. The molecule has 0 radical (unpaired) electrons. The van der Waals surface area contributed by atoms with Gasteiger partial charge in [0.2, 0.25) is 0 Å². The van der Waals surface area contributed by atoms with Gasteiger partial charge >= 0.3 is 5.97 Å². The van der Waals surface area contributed by atoms with Crippen molar-refractivity contribution < 1.29 is 14.7 Å². The van der Waals surface area contributed by atoms with Crippen LogP contribution in [0.3, 0.4) is 0 Å². The number of hydrogen-bond donors (Lipinski definition) is 3. The zero-order valence-corrected chi connectivity index (χ0v) is 20.6. The van der Waals surface area contributed by atoms with Crippen LogP contribution in [0.1, 0.15) is 48.1 Å². The number of hydrogen-bond acceptors (Lipinski definition) is 7. The van der Waals surface area contributed by atoms with Gasteiger partial charge in [-0.15, -0.1) is 0 Å². The Morgan fingerprint density at radius 1 is 1.09 bits per heavy atom. The number of aliphatic carboxylic acids is 1. The first-order valence-electron chi connectivity index (χ1n) is 10.9. The monoisotopic (exact) mass is 518 g/mol. The van der Waals surface area contributed by atoms with Crippen molar-refractivity contribution in [1.29, 1.82) is 0 Å². The van der Waals surface area contributed by atoms with E-state index < -0.39 is 28.8 Å². The van der Waals surface area contributed by atoms with E-state index in [1.54, 1.807) is 36.2 Å². The highest BCUT2D eigenvalue weighted by Crippen LogP contribution is 2.29. The first-order valence-corrected chi connectivity index (χ1v) is 11.6. The van der Waals surface area contributed by atoms with Crippen molar-refractivity contribution >= 4 is 52.1 Å². The van der Waals surface area contributed by atoms with Crippen LogP contribution in [0.15, 0.2) is 46.2 Å². The Kier molecular flexibility index (Phi) is 8.48. The molecule has 0 saturated heterocycles. The van der Waals surface area contributed by atoms with Crippen LogP contribution < -0.4 is 26.4 Å². The fourth-order valence-corrected chi connectivity index (χ4v) is 4.14.